The lowest BCUT2D eigenvalue weighted by Gasteiger charge is -2.06. The lowest BCUT2D eigenvalue weighted by atomic mass is 10.0. The minimum atomic E-state index is 0.649. The maximum atomic E-state index is 2.25. The fourth-order valence-corrected chi connectivity index (χ4v) is 1.81. The highest BCUT2D eigenvalue weighted by atomic mass is 14.9. The van der Waals surface area contributed by atoms with E-state index in [2.05, 4.69) is 45.5 Å². The van der Waals surface area contributed by atoms with Crippen molar-refractivity contribution >= 4 is 0 Å². The number of aryl methyl sites for hydroxylation is 2. The maximum absolute atomic E-state index is 2.25. The summed E-state index contributed by atoms with van der Waals surface area (Å²) in [5.41, 5.74) is 4.32. The molecule has 0 spiro atoms. The largest absolute Gasteiger partial charge is 0.354 e. The molecule has 0 bridgehead atoms. The second-order valence-corrected chi connectivity index (χ2v) is 3.58. The Hall–Kier alpha value is -0.720. The number of rotatable bonds is 1. The Morgan fingerprint density at radius 3 is 2.00 bits per heavy atom. The Labute approximate surface area is 69.0 Å². The van der Waals surface area contributed by atoms with Crippen molar-refractivity contribution in [3.63, 3.8) is 0 Å². The molecule has 11 heavy (non-hydrogen) atoms. The summed E-state index contributed by atoms with van der Waals surface area (Å²) in [6.07, 6.45) is 2.20. The zero-order valence-electron chi connectivity index (χ0n) is 8.10. The molecule has 0 aromatic carbocycles. The van der Waals surface area contributed by atoms with Gasteiger partial charge >= 0.3 is 0 Å². The van der Waals surface area contributed by atoms with Crippen LogP contribution in [0, 0.1) is 13.8 Å². The molecule has 0 unspecified atom stereocenters. The van der Waals surface area contributed by atoms with E-state index >= 15 is 0 Å². The van der Waals surface area contributed by atoms with Gasteiger partial charge in [0, 0.05) is 18.9 Å². The van der Waals surface area contributed by atoms with E-state index in [1.807, 2.05) is 0 Å². The third-order valence-corrected chi connectivity index (χ3v) is 2.31. The first-order valence-electron chi connectivity index (χ1n) is 4.16. The number of aromatic nitrogens is 1. The molecular weight excluding hydrogens is 134 g/mol. The minimum absolute atomic E-state index is 0.649. The van der Waals surface area contributed by atoms with Crippen molar-refractivity contribution in [2.45, 2.75) is 33.6 Å². The quantitative estimate of drug-likeness (QED) is 0.581. The standard InChI is InChI=1S/C10H17N/c1-7(2)10-8(3)6-11(5)9(10)4/h6-7H,1-5H3. The van der Waals surface area contributed by atoms with Gasteiger partial charge in [0.15, 0.2) is 0 Å². The first kappa shape index (κ1) is 8.38. The first-order valence-corrected chi connectivity index (χ1v) is 4.16. The van der Waals surface area contributed by atoms with Gasteiger partial charge in [-0.05, 0) is 30.9 Å². The highest BCUT2D eigenvalue weighted by molar-refractivity contribution is 5.32. The van der Waals surface area contributed by atoms with Gasteiger partial charge in [-0.3, -0.25) is 0 Å². The zero-order chi connectivity index (χ0) is 8.59. The van der Waals surface area contributed by atoms with Crippen molar-refractivity contribution in [3.05, 3.63) is 23.0 Å². The predicted molar refractivity (Wildman–Crippen MR) is 49.0 cm³/mol. The van der Waals surface area contributed by atoms with Crippen LogP contribution in [0.15, 0.2) is 6.20 Å². The molecule has 0 radical (unpaired) electrons. The van der Waals surface area contributed by atoms with Gasteiger partial charge in [0.05, 0.1) is 0 Å². The molecule has 0 aliphatic rings. The smallest absolute Gasteiger partial charge is 0.0178 e. The Morgan fingerprint density at radius 1 is 1.27 bits per heavy atom. The van der Waals surface area contributed by atoms with Crippen molar-refractivity contribution in [1.82, 2.24) is 4.57 Å². The van der Waals surface area contributed by atoms with Gasteiger partial charge in [0.25, 0.3) is 0 Å². The number of hydrogen-bond donors (Lipinski definition) is 0. The summed E-state index contributed by atoms with van der Waals surface area (Å²) >= 11 is 0. The van der Waals surface area contributed by atoms with Crippen molar-refractivity contribution in [2.24, 2.45) is 7.05 Å². The van der Waals surface area contributed by atoms with E-state index in [0.717, 1.165) is 0 Å². The molecule has 0 aliphatic heterocycles. The molecule has 1 heteroatoms. The van der Waals surface area contributed by atoms with Crippen LogP contribution in [0.2, 0.25) is 0 Å². The van der Waals surface area contributed by atoms with Gasteiger partial charge < -0.3 is 4.57 Å². The predicted octanol–water partition coefficient (Wildman–Crippen LogP) is 2.77. The van der Waals surface area contributed by atoms with Crippen molar-refractivity contribution in [3.8, 4) is 0 Å². The van der Waals surface area contributed by atoms with E-state index in [0.29, 0.717) is 5.92 Å². The maximum Gasteiger partial charge on any atom is 0.0178 e. The fourth-order valence-electron chi connectivity index (χ4n) is 1.81. The van der Waals surface area contributed by atoms with Crippen LogP contribution in [0.3, 0.4) is 0 Å². The second-order valence-electron chi connectivity index (χ2n) is 3.58. The minimum Gasteiger partial charge on any atom is -0.354 e. The number of hydrogen-bond acceptors (Lipinski definition) is 0. The molecule has 0 saturated carbocycles. The lowest BCUT2D eigenvalue weighted by molar-refractivity contribution is 0.816. The van der Waals surface area contributed by atoms with Crippen LogP contribution in [-0.2, 0) is 7.05 Å². The monoisotopic (exact) mass is 151 g/mol. The summed E-state index contributed by atoms with van der Waals surface area (Å²) in [4.78, 5) is 0. The molecule has 1 aromatic rings. The average molecular weight is 151 g/mol. The summed E-state index contributed by atoms with van der Waals surface area (Å²) in [6.45, 7) is 8.86. The third kappa shape index (κ3) is 1.32. The van der Waals surface area contributed by atoms with Gasteiger partial charge in [-0.2, -0.15) is 0 Å². The van der Waals surface area contributed by atoms with E-state index < -0.39 is 0 Å². The number of nitrogens with zero attached hydrogens (tertiary/aromatic N) is 1. The van der Waals surface area contributed by atoms with E-state index in [4.69, 9.17) is 0 Å². The SMILES string of the molecule is Cc1cn(C)c(C)c1C(C)C. The van der Waals surface area contributed by atoms with Gasteiger partial charge in [0.2, 0.25) is 0 Å². The molecule has 1 rings (SSSR count). The zero-order valence-corrected chi connectivity index (χ0v) is 8.10. The van der Waals surface area contributed by atoms with E-state index in [1.54, 1.807) is 0 Å². The molecule has 0 fully saturated rings. The van der Waals surface area contributed by atoms with Crippen LogP contribution in [0.4, 0.5) is 0 Å². The normalized spacial score (nSPS) is 11.1. The Bertz CT molecular complexity index is 256. The third-order valence-electron chi connectivity index (χ3n) is 2.31. The fraction of sp³-hybridized carbons (Fsp3) is 0.600. The van der Waals surface area contributed by atoms with E-state index in [1.165, 1.54) is 16.8 Å². The average Bonchev–Trinajstić information content (AvgIpc) is 2.07. The molecule has 1 aromatic heterocycles. The molecule has 1 heterocycles. The van der Waals surface area contributed by atoms with Gasteiger partial charge in [-0.1, -0.05) is 13.8 Å². The molecule has 1 nitrogen and oxygen atoms in total. The molecular formula is C10H17N. The molecule has 0 N–H and O–H groups in total. The summed E-state index contributed by atoms with van der Waals surface area (Å²) in [5.74, 6) is 0.649. The van der Waals surface area contributed by atoms with Crippen molar-refractivity contribution in [1.29, 1.82) is 0 Å². The summed E-state index contributed by atoms with van der Waals surface area (Å²) < 4.78 is 2.20. The molecule has 62 valence electrons. The highest BCUT2D eigenvalue weighted by Gasteiger charge is 2.09. The van der Waals surface area contributed by atoms with Crippen molar-refractivity contribution < 1.29 is 0 Å². The van der Waals surface area contributed by atoms with Crippen LogP contribution in [0.25, 0.3) is 0 Å². The summed E-state index contributed by atoms with van der Waals surface area (Å²) in [6, 6.07) is 0. The Balaban J connectivity index is 3.22. The topological polar surface area (TPSA) is 4.93 Å². The van der Waals surface area contributed by atoms with Crippen molar-refractivity contribution in [2.75, 3.05) is 0 Å². The Kier molecular flexibility index (Phi) is 2.08. The van der Waals surface area contributed by atoms with Gasteiger partial charge in [-0.25, -0.2) is 0 Å². The van der Waals surface area contributed by atoms with Crippen LogP contribution in [0.1, 0.15) is 36.6 Å². The molecule has 0 aliphatic carbocycles. The Morgan fingerprint density at radius 2 is 1.82 bits per heavy atom. The lowest BCUT2D eigenvalue weighted by Crippen LogP contribution is -1.93. The first-order chi connectivity index (χ1) is 5.04. The molecule has 0 atom stereocenters. The van der Waals surface area contributed by atoms with Crippen LogP contribution >= 0.6 is 0 Å². The summed E-state index contributed by atoms with van der Waals surface area (Å²) in [5, 5.41) is 0. The summed E-state index contributed by atoms with van der Waals surface area (Å²) in [7, 11) is 2.11. The van der Waals surface area contributed by atoms with E-state index in [-0.39, 0.29) is 0 Å². The van der Waals surface area contributed by atoms with Crippen LogP contribution < -0.4 is 0 Å². The molecule has 0 amide bonds. The highest BCUT2D eigenvalue weighted by Crippen LogP contribution is 2.23. The molecule has 0 saturated heterocycles. The van der Waals surface area contributed by atoms with Crippen LogP contribution in [0.5, 0.6) is 0 Å². The van der Waals surface area contributed by atoms with Crippen LogP contribution in [-0.4, -0.2) is 4.57 Å². The second kappa shape index (κ2) is 2.72. The van der Waals surface area contributed by atoms with Gasteiger partial charge in [0.1, 0.15) is 0 Å². The van der Waals surface area contributed by atoms with E-state index in [9.17, 15) is 0 Å². The van der Waals surface area contributed by atoms with Gasteiger partial charge in [-0.15, -0.1) is 0 Å².